The lowest BCUT2D eigenvalue weighted by Crippen LogP contribution is -2.33. The maximum atomic E-state index is 12.2. The second-order valence-electron chi connectivity index (χ2n) is 4.66. The van der Waals surface area contributed by atoms with Gasteiger partial charge >= 0.3 is 6.61 Å². The van der Waals surface area contributed by atoms with Crippen molar-refractivity contribution in [3.05, 3.63) is 24.3 Å². The maximum absolute atomic E-state index is 12.2. The summed E-state index contributed by atoms with van der Waals surface area (Å²) in [5.41, 5.74) is -0.240. The second-order valence-corrected chi connectivity index (χ2v) is 4.66. The fraction of sp³-hybridized carbons (Fsp3) is 0.538. The monoisotopic (exact) mass is 257 g/mol. The first-order valence-electron chi connectivity index (χ1n) is 6.09. The van der Waals surface area contributed by atoms with E-state index >= 15 is 0 Å². The highest BCUT2D eigenvalue weighted by Crippen LogP contribution is 2.31. The lowest BCUT2D eigenvalue weighted by Gasteiger charge is -2.23. The average molecular weight is 257 g/mol. The van der Waals surface area contributed by atoms with Crippen LogP contribution < -0.4 is 10.1 Å². The van der Waals surface area contributed by atoms with Crippen LogP contribution >= 0.6 is 0 Å². The Morgan fingerprint density at radius 1 is 1.28 bits per heavy atom. The third kappa shape index (κ3) is 3.32. The summed E-state index contributed by atoms with van der Waals surface area (Å²) in [5.74, 6) is 0.106. The quantitative estimate of drug-likeness (QED) is 0.852. The average Bonchev–Trinajstić information content (AvgIpc) is 2.75. The molecule has 5 heteroatoms. The van der Waals surface area contributed by atoms with Gasteiger partial charge < -0.3 is 15.2 Å². The molecule has 1 aliphatic carbocycles. The molecule has 2 rings (SSSR count). The molecule has 1 aromatic carbocycles. The highest BCUT2D eigenvalue weighted by molar-refractivity contribution is 5.56. The van der Waals surface area contributed by atoms with Gasteiger partial charge in [-0.2, -0.15) is 8.78 Å². The number of anilines is 1. The Bertz CT molecular complexity index is 392. The third-order valence-corrected chi connectivity index (χ3v) is 3.25. The predicted octanol–water partition coefficient (Wildman–Crippen LogP) is 3.01. The van der Waals surface area contributed by atoms with Crippen molar-refractivity contribution in [2.24, 2.45) is 0 Å². The van der Waals surface area contributed by atoms with Gasteiger partial charge in [0, 0.05) is 6.54 Å². The fourth-order valence-corrected chi connectivity index (χ4v) is 2.28. The number of para-hydroxylation sites is 2. The van der Waals surface area contributed by atoms with Gasteiger partial charge in [0.1, 0.15) is 5.75 Å². The summed E-state index contributed by atoms with van der Waals surface area (Å²) in [6, 6.07) is 6.51. The second kappa shape index (κ2) is 5.52. The lowest BCUT2D eigenvalue weighted by molar-refractivity contribution is -0.0493. The minimum absolute atomic E-state index is 0.106. The summed E-state index contributed by atoms with van der Waals surface area (Å²) in [4.78, 5) is 0. The Kier molecular flexibility index (Phi) is 4.01. The summed E-state index contributed by atoms with van der Waals surface area (Å²) < 4.78 is 28.9. The molecule has 2 N–H and O–H groups in total. The van der Waals surface area contributed by atoms with E-state index in [1.165, 1.54) is 6.07 Å². The number of halogens is 2. The van der Waals surface area contributed by atoms with Crippen molar-refractivity contribution in [3.8, 4) is 5.75 Å². The first-order chi connectivity index (χ1) is 8.59. The molecule has 0 saturated heterocycles. The Labute approximate surface area is 105 Å². The van der Waals surface area contributed by atoms with Crippen molar-refractivity contribution < 1.29 is 18.6 Å². The molecule has 0 unspecified atom stereocenters. The SMILES string of the molecule is OC1(CNc2ccccc2OC(F)F)CCCC1. The smallest absolute Gasteiger partial charge is 0.387 e. The van der Waals surface area contributed by atoms with Crippen molar-refractivity contribution >= 4 is 5.69 Å². The highest BCUT2D eigenvalue weighted by atomic mass is 19.3. The normalized spacial score (nSPS) is 18.0. The van der Waals surface area contributed by atoms with Crippen LogP contribution in [0.4, 0.5) is 14.5 Å². The third-order valence-electron chi connectivity index (χ3n) is 3.25. The van der Waals surface area contributed by atoms with Gasteiger partial charge in [-0.05, 0) is 25.0 Å². The van der Waals surface area contributed by atoms with Crippen LogP contribution in [0.5, 0.6) is 5.75 Å². The Balaban J connectivity index is 2.00. The number of hydrogen-bond donors (Lipinski definition) is 2. The van der Waals surface area contributed by atoms with Crippen molar-refractivity contribution in [3.63, 3.8) is 0 Å². The number of benzene rings is 1. The van der Waals surface area contributed by atoms with E-state index in [9.17, 15) is 13.9 Å². The van der Waals surface area contributed by atoms with Gasteiger partial charge in [-0.25, -0.2) is 0 Å². The topological polar surface area (TPSA) is 41.5 Å². The number of ether oxygens (including phenoxy) is 1. The number of aliphatic hydroxyl groups is 1. The molecule has 0 aliphatic heterocycles. The van der Waals surface area contributed by atoms with Crippen molar-refractivity contribution in [1.82, 2.24) is 0 Å². The minimum Gasteiger partial charge on any atom is -0.433 e. The number of nitrogens with one attached hydrogen (secondary N) is 1. The Morgan fingerprint density at radius 3 is 2.61 bits per heavy atom. The molecule has 0 atom stereocenters. The van der Waals surface area contributed by atoms with Gasteiger partial charge in [0.25, 0.3) is 0 Å². The molecule has 0 amide bonds. The van der Waals surface area contributed by atoms with Crippen LogP contribution in [0.3, 0.4) is 0 Å². The van der Waals surface area contributed by atoms with Crippen molar-refractivity contribution in [2.75, 3.05) is 11.9 Å². The van der Waals surface area contributed by atoms with E-state index in [0.717, 1.165) is 25.7 Å². The van der Waals surface area contributed by atoms with E-state index in [1.807, 2.05) is 0 Å². The largest absolute Gasteiger partial charge is 0.433 e. The molecule has 1 aromatic rings. The first kappa shape index (κ1) is 13.1. The standard InChI is InChI=1S/C13H17F2NO2/c14-12(15)18-11-6-2-1-5-10(11)16-9-13(17)7-3-4-8-13/h1-2,5-6,12,16-17H,3-4,7-9H2. The van der Waals surface area contributed by atoms with E-state index in [1.54, 1.807) is 18.2 Å². The van der Waals surface area contributed by atoms with Crippen molar-refractivity contribution in [2.45, 2.75) is 37.9 Å². The molecule has 18 heavy (non-hydrogen) atoms. The molecule has 0 spiro atoms. The highest BCUT2D eigenvalue weighted by Gasteiger charge is 2.30. The van der Waals surface area contributed by atoms with Crippen LogP contribution in [-0.4, -0.2) is 23.9 Å². The Morgan fingerprint density at radius 2 is 1.94 bits per heavy atom. The van der Waals surface area contributed by atoms with E-state index in [2.05, 4.69) is 10.1 Å². The van der Waals surface area contributed by atoms with E-state index in [4.69, 9.17) is 0 Å². The maximum Gasteiger partial charge on any atom is 0.387 e. The molecule has 3 nitrogen and oxygen atoms in total. The first-order valence-corrected chi connectivity index (χ1v) is 6.09. The summed E-state index contributed by atoms with van der Waals surface area (Å²) >= 11 is 0. The summed E-state index contributed by atoms with van der Waals surface area (Å²) in [6.07, 6.45) is 3.51. The molecule has 1 fully saturated rings. The predicted molar refractivity (Wildman–Crippen MR) is 65.0 cm³/mol. The molecule has 1 aliphatic rings. The molecule has 1 saturated carbocycles. The molecule has 100 valence electrons. The number of alkyl halides is 2. The minimum atomic E-state index is -2.84. The van der Waals surface area contributed by atoms with Gasteiger partial charge in [-0.3, -0.25) is 0 Å². The van der Waals surface area contributed by atoms with E-state index in [-0.39, 0.29) is 5.75 Å². The van der Waals surface area contributed by atoms with Crippen LogP contribution in [0.1, 0.15) is 25.7 Å². The molecule has 0 aromatic heterocycles. The van der Waals surface area contributed by atoms with Gasteiger partial charge in [0.05, 0.1) is 11.3 Å². The van der Waals surface area contributed by atoms with Crippen LogP contribution in [0.2, 0.25) is 0 Å². The van der Waals surface area contributed by atoms with Gasteiger partial charge in [-0.1, -0.05) is 25.0 Å². The lowest BCUT2D eigenvalue weighted by atomic mass is 10.0. The van der Waals surface area contributed by atoms with E-state index in [0.29, 0.717) is 12.2 Å². The summed E-state index contributed by atoms with van der Waals surface area (Å²) in [7, 11) is 0. The molecule has 0 radical (unpaired) electrons. The van der Waals surface area contributed by atoms with Gasteiger partial charge in [-0.15, -0.1) is 0 Å². The Hall–Kier alpha value is -1.36. The summed E-state index contributed by atoms with van der Waals surface area (Å²) in [5, 5.41) is 13.2. The molecular weight excluding hydrogens is 240 g/mol. The molecule has 0 bridgehead atoms. The zero-order valence-electron chi connectivity index (χ0n) is 10.0. The zero-order valence-corrected chi connectivity index (χ0v) is 10.0. The molecular formula is C13H17F2NO2. The zero-order chi connectivity index (χ0) is 13.0. The van der Waals surface area contributed by atoms with Gasteiger partial charge in [0.15, 0.2) is 0 Å². The van der Waals surface area contributed by atoms with Crippen LogP contribution in [0.15, 0.2) is 24.3 Å². The van der Waals surface area contributed by atoms with E-state index < -0.39 is 12.2 Å². The van der Waals surface area contributed by atoms with Crippen LogP contribution in [-0.2, 0) is 0 Å². The van der Waals surface area contributed by atoms with Gasteiger partial charge in [0.2, 0.25) is 0 Å². The molecule has 0 heterocycles. The summed E-state index contributed by atoms with van der Waals surface area (Å²) in [6.45, 7) is -2.49. The van der Waals surface area contributed by atoms with Crippen molar-refractivity contribution in [1.29, 1.82) is 0 Å². The van der Waals surface area contributed by atoms with Crippen LogP contribution in [0, 0.1) is 0 Å². The number of hydrogen-bond acceptors (Lipinski definition) is 3. The number of rotatable bonds is 5. The fourth-order valence-electron chi connectivity index (χ4n) is 2.28. The van der Waals surface area contributed by atoms with Crippen LogP contribution in [0.25, 0.3) is 0 Å².